The molecule has 2 aromatic rings. The lowest BCUT2D eigenvalue weighted by Gasteiger charge is -2.18. The molecule has 0 bridgehead atoms. The first-order valence-electron chi connectivity index (χ1n) is 8.11. The molecule has 3 rings (SSSR count). The van der Waals surface area contributed by atoms with E-state index in [1.165, 1.54) is 11.8 Å². The fraction of sp³-hybridized carbons (Fsp3) is 0.250. The predicted molar refractivity (Wildman–Crippen MR) is 98.2 cm³/mol. The molecule has 24 heavy (non-hydrogen) atoms. The molecule has 0 aromatic heterocycles. The maximum atomic E-state index is 11.8. The van der Waals surface area contributed by atoms with E-state index in [1.807, 2.05) is 30.3 Å². The number of hydrogen-bond acceptors (Lipinski definition) is 3. The van der Waals surface area contributed by atoms with Crippen molar-refractivity contribution in [2.24, 2.45) is 5.92 Å². The summed E-state index contributed by atoms with van der Waals surface area (Å²) < 4.78 is 5.38. The Balaban J connectivity index is 1.44. The Kier molecular flexibility index (Phi) is 5.55. The molecule has 1 unspecified atom stereocenters. The number of carbonyl (C=O) groups is 1. The maximum absolute atomic E-state index is 11.8. The minimum Gasteiger partial charge on any atom is -0.462 e. The summed E-state index contributed by atoms with van der Waals surface area (Å²) in [6.45, 7) is 2.40. The first-order valence-corrected chi connectivity index (χ1v) is 8.49. The number of hydrogen-bond donors (Lipinski definition) is 0. The van der Waals surface area contributed by atoms with Gasteiger partial charge in [-0.3, -0.25) is 0 Å². The average Bonchev–Trinajstić information content (AvgIpc) is 3.09. The van der Waals surface area contributed by atoms with Gasteiger partial charge in [-0.05, 0) is 42.3 Å². The summed E-state index contributed by atoms with van der Waals surface area (Å²) in [4.78, 5) is 14.2. The number of nitrogens with zero attached hydrogens (tertiary/aromatic N) is 1. The van der Waals surface area contributed by atoms with Gasteiger partial charge in [0.05, 0.1) is 6.61 Å². The summed E-state index contributed by atoms with van der Waals surface area (Å²) in [5.41, 5.74) is 2.15. The van der Waals surface area contributed by atoms with Crippen molar-refractivity contribution in [2.45, 2.75) is 6.42 Å². The number of anilines is 1. The van der Waals surface area contributed by atoms with E-state index in [-0.39, 0.29) is 5.97 Å². The zero-order chi connectivity index (χ0) is 16.8. The molecular formula is C20H20ClNO2. The third kappa shape index (κ3) is 4.62. The van der Waals surface area contributed by atoms with Gasteiger partial charge < -0.3 is 9.64 Å². The Bertz CT molecular complexity index is 697. The van der Waals surface area contributed by atoms with Crippen molar-refractivity contribution >= 4 is 29.3 Å². The molecule has 3 nitrogen and oxygen atoms in total. The summed E-state index contributed by atoms with van der Waals surface area (Å²) in [5, 5.41) is 0.680. The van der Waals surface area contributed by atoms with Gasteiger partial charge in [0.15, 0.2) is 0 Å². The normalized spacial score (nSPS) is 17.4. The van der Waals surface area contributed by atoms with Gasteiger partial charge in [-0.15, -0.1) is 0 Å². The fourth-order valence-corrected chi connectivity index (χ4v) is 2.95. The lowest BCUT2D eigenvalue weighted by Crippen LogP contribution is -2.21. The lowest BCUT2D eigenvalue weighted by molar-refractivity contribution is -0.138. The van der Waals surface area contributed by atoms with Gasteiger partial charge in [-0.25, -0.2) is 4.79 Å². The highest BCUT2D eigenvalue weighted by Gasteiger charge is 2.23. The zero-order valence-electron chi connectivity index (χ0n) is 13.4. The minimum absolute atomic E-state index is 0.303. The minimum atomic E-state index is -0.303. The van der Waals surface area contributed by atoms with Crippen LogP contribution in [-0.2, 0) is 9.53 Å². The van der Waals surface area contributed by atoms with Crippen molar-refractivity contribution in [2.75, 3.05) is 24.6 Å². The Hall–Kier alpha value is -2.26. The maximum Gasteiger partial charge on any atom is 0.330 e. The van der Waals surface area contributed by atoms with Gasteiger partial charge in [0.1, 0.15) is 0 Å². The van der Waals surface area contributed by atoms with Gasteiger partial charge >= 0.3 is 5.97 Å². The van der Waals surface area contributed by atoms with Crippen LogP contribution in [-0.4, -0.2) is 25.7 Å². The van der Waals surface area contributed by atoms with Crippen LogP contribution >= 0.6 is 11.6 Å². The van der Waals surface area contributed by atoms with Crippen LogP contribution in [0.4, 0.5) is 5.69 Å². The molecule has 1 aliphatic heterocycles. The number of halogens is 1. The molecule has 1 saturated heterocycles. The van der Waals surface area contributed by atoms with E-state index in [1.54, 1.807) is 18.2 Å². The second-order valence-electron chi connectivity index (χ2n) is 5.95. The number of carbonyl (C=O) groups excluding carboxylic acids is 1. The largest absolute Gasteiger partial charge is 0.462 e. The van der Waals surface area contributed by atoms with Crippen LogP contribution in [0.15, 0.2) is 60.7 Å². The SMILES string of the molecule is O=C(/C=C/c1ccc(Cl)cc1)OCC1CCN(c2ccccc2)C1. The average molecular weight is 342 g/mol. The van der Waals surface area contributed by atoms with Gasteiger partial charge in [-0.2, -0.15) is 0 Å². The summed E-state index contributed by atoms with van der Waals surface area (Å²) in [6, 6.07) is 17.7. The third-order valence-electron chi connectivity index (χ3n) is 4.15. The van der Waals surface area contributed by atoms with Crippen molar-refractivity contribution in [1.29, 1.82) is 0 Å². The summed E-state index contributed by atoms with van der Waals surface area (Å²) >= 11 is 5.83. The number of rotatable bonds is 5. The van der Waals surface area contributed by atoms with Crippen LogP contribution in [0.5, 0.6) is 0 Å². The molecule has 1 atom stereocenters. The number of esters is 1. The first-order chi connectivity index (χ1) is 11.7. The van der Waals surface area contributed by atoms with Crippen molar-refractivity contribution in [1.82, 2.24) is 0 Å². The Morgan fingerprint density at radius 2 is 1.92 bits per heavy atom. The molecule has 0 radical (unpaired) electrons. The van der Waals surface area contributed by atoms with Crippen molar-refractivity contribution in [3.8, 4) is 0 Å². The summed E-state index contributed by atoms with van der Waals surface area (Å²) in [5.74, 6) is 0.0844. The summed E-state index contributed by atoms with van der Waals surface area (Å²) in [6.07, 6.45) is 4.25. The van der Waals surface area contributed by atoms with E-state index in [9.17, 15) is 4.79 Å². The molecular weight excluding hydrogens is 322 g/mol. The van der Waals surface area contributed by atoms with Crippen molar-refractivity contribution < 1.29 is 9.53 Å². The molecule has 0 amide bonds. The molecule has 0 spiro atoms. The van der Waals surface area contributed by atoms with E-state index in [0.29, 0.717) is 17.5 Å². The topological polar surface area (TPSA) is 29.5 Å². The molecule has 0 N–H and O–H groups in total. The quantitative estimate of drug-likeness (QED) is 0.595. The molecule has 2 aromatic carbocycles. The van der Waals surface area contributed by atoms with Crippen molar-refractivity contribution in [3.63, 3.8) is 0 Å². The Morgan fingerprint density at radius 1 is 1.17 bits per heavy atom. The van der Waals surface area contributed by atoms with Gasteiger partial charge in [0.2, 0.25) is 0 Å². The predicted octanol–water partition coefficient (Wildman–Crippen LogP) is 4.42. The standard InChI is InChI=1S/C20H20ClNO2/c21-18-9-6-16(7-10-18)8-11-20(23)24-15-17-12-13-22(14-17)19-4-2-1-3-5-19/h1-11,17H,12-15H2/b11-8+. The molecule has 0 saturated carbocycles. The van der Waals surface area contributed by atoms with E-state index in [0.717, 1.165) is 25.1 Å². The van der Waals surface area contributed by atoms with Gasteiger partial charge in [0, 0.05) is 35.8 Å². The molecule has 1 aliphatic rings. The molecule has 0 aliphatic carbocycles. The fourth-order valence-electron chi connectivity index (χ4n) is 2.83. The van der Waals surface area contributed by atoms with Crippen LogP contribution in [0.1, 0.15) is 12.0 Å². The van der Waals surface area contributed by atoms with E-state index in [4.69, 9.17) is 16.3 Å². The van der Waals surface area contributed by atoms with Crippen LogP contribution < -0.4 is 4.90 Å². The first kappa shape index (κ1) is 16.6. The molecule has 1 heterocycles. The highest BCUT2D eigenvalue weighted by atomic mass is 35.5. The van der Waals surface area contributed by atoms with Crippen LogP contribution in [0.2, 0.25) is 5.02 Å². The molecule has 124 valence electrons. The smallest absolute Gasteiger partial charge is 0.330 e. The van der Waals surface area contributed by atoms with Crippen molar-refractivity contribution in [3.05, 3.63) is 71.3 Å². The summed E-state index contributed by atoms with van der Waals surface area (Å²) in [7, 11) is 0. The number of ether oxygens (including phenoxy) is 1. The number of para-hydroxylation sites is 1. The molecule has 1 fully saturated rings. The number of benzene rings is 2. The Morgan fingerprint density at radius 3 is 2.67 bits per heavy atom. The zero-order valence-corrected chi connectivity index (χ0v) is 14.2. The lowest BCUT2D eigenvalue weighted by atomic mass is 10.1. The van der Waals surface area contributed by atoms with Gasteiger partial charge in [-0.1, -0.05) is 41.9 Å². The second-order valence-corrected chi connectivity index (χ2v) is 6.39. The van der Waals surface area contributed by atoms with Crippen LogP contribution in [0.25, 0.3) is 6.08 Å². The third-order valence-corrected chi connectivity index (χ3v) is 4.40. The van der Waals surface area contributed by atoms with Crippen LogP contribution in [0, 0.1) is 5.92 Å². The van der Waals surface area contributed by atoms with Crippen LogP contribution in [0.3, 0.4) is 0 Å². The monoisotopic (exact) mass is 341 g/mol. The molecule has 4 heteroatoms. The highest BCUT2D eigenvalue weighted by molar-refractivity contribution is 6.30. The van der Waals surface area contributed by atoms with E-state index < -0.39 is 0 Å². The Labute approximate surface area is 147 Å². The van der Waals surface area contributed by atoms with E-state index >= 15 is 0 Å². The highest BCUT2D eigenvalue weighted by Crippen LogP contribution is 2.23. The van der Waals surface area contributed by atoms with E-state index in [2.05, 4.69) is 17.0 Å². The second kappa shape index (κ2) is 8.02. The van der Waals surface area contributed by atoms with Gasteiger partial charge in [0.25, 0.3) is 0 Å².